The number of amides is 1. The molecule has 0 bridgehead atoms. The van der Waals surface area contributed by atoms with Gasteiger partial charge in [0.2, 0.25) is 5.91 Å². The largest absolute Gasteiger partial charge is 0.494 e. The summed E-state index contributed by atoms with van der Waals surface area (Å²) in [6, 6.07) is 7.30. The first kappa shape index (κ1) is 14.7. The van der Waals surface area contributed by atoms with Crippen molar-refractivity contribution in [3.05, 3.63) is 24.3 Å². The van der Waals surface area contributed by atoms with Gasteiger partial charge in [0.05, 0.1) is 13.2 Å². The lowest BCUT2D eigenvalue weighted by Crippen LogP contribution is -2.24. The second-order valence-corrected chi connectivity index (χ2v) is 3.04. The molecule has 0 unspecified atom stereocenters. The second-order valence-electron chi connectivity index (χ2n) is 3.04. The number of hydrogen-bond acceptors (Lipinski definition) is 3. The van der Waals surface area contributed by atoms with Crippen molar-refractivity contribution in [3.8, 4) is 5.75 Å². The van der Waals surface area contributed by atoms with Crippen LogP contribution in [-0.4, -0.2) is 26.1 Å². The zero-order chi connectivity index (χ0) is 11.1. The van der Waals surface area contributed by atoms with Gasteiger partial charge < -0.3 is 15.4 Å². The molecule has 5 heteroatoms. The van der Waals surface area contributed by atoms with E-state index in [1.165, 1.54) is 0 Å². The van der Waals surface area contributed by atoms with E-state index >= 15 is 0 Å². The average Bonchev–Trinajstić information content (AvgIpc) is 2.22. The predicted molar refractivity (Wildman–Crippen MR) is 67.4 cm³/mol. The molecule has 0 aliphatic rings. The minimum atomic E-state index is -0.0540. The van der Waals surface area contributed by atoms with Gasteiger partial charge in [0.1, 0.15) is 5.75 Å². The van der Waals surface area contributed by atoms with Crippen molar-refractivity contribution in [2.45, 2.75) is 6.92 Å². The Morgan fingerprint density at radius 3 is 2.44 bits per heavy atom. The minimum Gasteiger partial charge on any atom is -0.494 e. The summed E-state index contributed by atoms with van der Waals surface area (Å²) in [7, 11) is 1.73. The van der Waals surface area contributed by atoms with Gasteiger partial charge in [-0.05, 0) is 38.2 Å². The summed E-state index contributed by atoms with van der Waals surface area (Å²) >= 11 is 0. The van der Waals surface area contributed by atoms with Crippen molar-refractivity contribution in [1.82, 2.24) is 5.32 Å². The molecule has 0 aliphatic heterocycles. The Labute approximate surface area is 102 Å². The smallest absolute Gasteiger partial charge is 0.238 e. The highest BCUT2D eigenvalue weighted by Crippen LogP contribution is 2.15. The normalized spacial score (nSPS) is 9.12. The number of anilines is 1. The average molecular weight is 245 g/mol. The van der Waals surface area contributed by atoms with Crippen LogP contribution in [0.3, 0.4) is 0 Å². The van der Waals surface area contributed by atoms with Crippen molar-refractivity contribution in [1.29, 1.82) is 0 Å². The third kappa shape index (κ3) is 5.00. The van der Waals surface area contributed by atoms with E-state index in [-0.39, 0.29) is 18.3 Å². The molecule has 90 valence electrons. The van der Waals surface area contributed by atoms with Crippen molar-refractivity contribution < 1.29 is 9.53 Å². The first-order valence-corrected chi connectivity index (χ1v) is 4.93. The molecule has 0 saturated heterocycles. The number of halogens is 1. The van der Waals surface area contributed by atoms with E-state index < -0.39 is 0 Å². The third-order valence-corrected chi connectivity index (χ3v) is 1.79. The first-order chi connectivity index (χ1) is 7.26. The second kappa shape index (κ2) is 7.96. The number of nitrogens with one attached hydrogen (secondary N) is 2. The summed E-state index contributed by atoms with van der Waals surface area (Å²) in [5.41, 5.74) is 0.777. The monoisotopic (exact) mass is 244 g/mol. The molecule has 1 aromatic carbocycles. The molecule has 0 saturated carbocycles. The van der Waals surface area contributed by atoms with E-state index in [1.807, 2.05) is 31.2 Å². The third-order valence-electron chi connectivity index (χ3n) is 1.79. The molecular weight excluding hydrogens is 228 g/mol. The number of rotatable bonds is 5. The summed E-state index contributed by atoms with van der Waals surface area (Å²) in [5.74, 6) is 0.755. The maximum atomic E-state index is 11.2. The standard InChI is InChI=1S/C11H16N2O2.ClH/c1-3-15-10-6-4-9(5-7-10)13-11(14)8-12-2;/h4-7,12H,3,8H2,1-2H3,(H,13,14);1H. The SMILES string of the molecule is CCOc1ccc(NC(=O)CNC)cc1.Cl. The van der Waals surface area contributed by atoms with Gasteiger partial charge in [-0.2, -0.15) is 0 Å². The number of benzene rings is 1. The van der Waals surface area contributed by atoms with Crippen molar-refractivity contribution >= 4 is 24.0 Å². The van der Waals surface area contributed by atoms with Gasteiger partial charge in [-0.15, -0.1) is 12.4 Å². The van der Waals surface area contributed by atoms with Crippen LogP contribution >= 0.6 is 12.4 Å². The Bertz CT molecular complexity index is 314. The quantitative estimate of drug-likeness (QED) is 0.829. The summed E-state index contributed by atoms with van der Waals surface area (Å²) < 4.78 is 5.29. The number of hydrogen-bond donors (Lipinski definition) is 2. The van der Waals surface area contributed by atoms with Crippen molar-refractivity contribution in [3.63, 3.8) is 0 Å². The molecule has 1 amide bonds. The first-order valence-electron chi connectivity index (χ1n) is 4.93. The molecule has 0 atom stereocenters. The predicted octanol–water partition coefficient (Wildman–Crippen LogP) is 1.66. The molecule has 16 heavy (non-hydrogen) atoms. The highest BCUT2D eigenvalue weighted by molar-refractivity contribution is 5.92. The highest BCUT2D eigenvalue weighted by atomic mass is 35.5. The molecule has 0 spiro atoms. The van der Waals surface area contributed by atoms with Crippen LogP contribution in [0.2, 0.25) is 0 Å². The number of ether oxygens (including phenoxy) is 1. The van der Waals surface area contributed by atoms with Gasteiger partial charge >= 0.3 is 0 Å². The van der Waals surface area contributed by atoms with E-state index in [4.69, 9.17) is 4.74 Å². The Morgan fingerprint density at radius 1 is 1.31 bits per heavy atom. The maximum absolute atomic E-state index is 11.2. The molecular formula is C11H17ClN2O2. The van der Waals surface area contributed by atoms with E-state index in [9.17, 15) is 4.79 Å². The van der Waals surface area contributed by atoms with Gasteiger partial charge in [0.15, 0.2) is 0 Å². The molecule has 2 N–H and O–H groups in total. The zero-order valence-corrected chi connectivity index (χ0v) is 10.3. The van der Waals surface area contributed by atoms with Crippen LogP contribution in [0.1, 0.15) is 6.92 Å². The Kier molecular flexibility index (Phi) is 7.33. The molecule has 0 heterocycles. The Balaban J connectivity index is 0.00000225. The molecule has 0 aliphatic carbocycles. The minimum absolute atomic E-state index is 0. The van der Waals surface area contributed by atoms with Gasteiger partial charge in [-0.3, -0.25) is 4.79 Å². The fourth-order valence-electron chi connectivity index (χ4n) is 1.17. The number of carbonyl (C=O) groups is 1. The summed E-state index contributed by atoms with van der Waals surface area (Å²) in [5, 5.41) is 5.54. The van der Waals surface area contributed by atoms with E-state index in [0.717, 1.165) is 11.4 Å². The molecule has 1 rings (SSSR count). The Hall–Kier alpha value is -1.26. The van der Waals surface area contributed by atoms with Gasteiger partial charge in [-0.25, -0.2) is 0 Å². The van der Waals surface area contributed by atoms with E-state index in [0.29, 0.717) is 13.2 Å². The molecule has 4 nitrogen and oxygen atoms in total. The van der Waals surface area contributed by atoms with Crippen LogP contribution in [0, 0.1) is 0 Å². The van der Waals surface area contributed by atoms with Crippen LogP contribution in [0.5, 0.6) is 5.75 Å². The van der Waals surface area contributed by atoms with Crippen molar-refractivity contribution in [2.24, 2.45) is 0 Å². The van der Waals surface area contributed by atoms with Crippen molar-refractivity contribution in [2.75, 3.05) is 25.5 Å². The summed E-state index contributed by atoms with van der Waals surface area (Å²) in [6.45, 7) is 2.89. The molecule has 1 aromatic rings. The van der Waals surface area contributed by atoms with E-state index in [1.54, 1.807) is 7.05 Å². The fraction of sp³-hybridized carbons (Fsp3) is 0.364. The van der Waals surface area contributed by atoms with Gasteiger partial charge in [0.25, 0.3) is 0 Å². The van der Waals surface area contributed by atoms with Crippen LogP contribution in [0.15, 0.2) is 24.3 Å². The van der Waals surface area contributed by atoms with Gasteiger partial charge in [0, 0.05) is 5.69 Å². The Morgan fingerprint density at radius 2 is 1.94 bits per heavy atom. The molecule has 0 aromatic heterocycles. The summed E-state index contributed by atoms with van der Waals surface area (Å²) in [4.78, 5) is 11.2. The summed E-state index contributed by atoms with van der Waals surface area (Å²) in [6.07, 6.45) is 0. The number of carbonyl (C=O) groups excluding carboxylic acids is 1. The fourth-order valence-corrected chi connectivity index (χ4v) is 1.17. The lowest BCUT2D eigenvalue weighted by molar-refractivity contribution is -0.115. The zero-order valence-electron chi connectivity index (χ0n) is 9.45. The lowest BCUT2D eigenvalue weighted by atomic mass is 10.3. The molecule has 0 radical (unpaired) electrons. The van der Waals surface area contributed by atoms with E-state index in [2.05, 4.69) is 10.6 Å². The van der Waals surface area contributed by atoms with Crippen LogP contribution < -0.4 is 15.4 Å². The lowest BCUT2D eigenvalue weighted by Gasteiger charge is -2.06. The van der Waals surface area contributed by atoms with Gasteiger partial charge in [-0.1, -0.05) is 0 Å². The molecule has 0 fully saturated rings. The topological polar surface area (TPSA) is 50.4 Å². The number of likely N-dealkylation sites (N-methyl/N-ethyl adjacent to an activating group) is 1. The highest BCUT2D eigenvalue weighted by Gasteiger charge is 2.00. The van der Waals surface area contributed by atoms with Crippen LogP contribution in [0.25, 0.3) is 0 Å². The van der Waals surface area contributed by atoms with Crippen LogP contribution in [-0.2, 0) is 4.79 Å². The maximum Gasteiger partial charge on any atom is 0.238 e. The van der Waals surface area contributed by atoms with Crippen LogP contribution in [0.4, 0.5) is 5.69 Å².